The van der Waals surface area contributed by atoms with Gasteiger partial charge in [0, 0.05) is 5.57 Å². The van der Waals surface area contributed by atoms with Crippen molar-refractivity contribution in [3.8, 4) is 0 Å². The van der Waals surface area contributed by atoms with E-state index in [1.165, 1.54) is 115 Å². The molecule has 0 rings (SSSR count). The van der Waals surface area contributed by atoms with Gasteiger partial charge in [-0.2, -0.15) is 0 Å². The summed E-state index contributed by atoms with van der Waals surface area (Å²) in [5.41, 5.74) is 1.97. The van der Waals surface area contributed by atoms with Crippen LogP contribution in [0.3, 0.4) is 0 Å². The van der Waals surface area contributed by atoms with Crippen LogP contribution in [0.1, 0.15) is 130 Å². The van der Waals surface area contributed by atoms with Crippen molar-refractivity contribution < 1.29 is 9.53 Å². The van der Waals surface area contributed by atoms with E-state index in [0.29, 0.717) is 0 Å². The first-order valence-corrected chi connectivity index (χ1v) is 11.4. The Hall–Kier alpha value is -0.350. The number of allylic oxidation sites excluding steroid dienone is 1. The van der Waals surface area contributed by atoms with Crippen molar-refractivity contribution in [1.82, 2.24) is 6.15 Å². The molecule has 0 bridgehead atoms. The van der Waals surface area contributed by atoms with Crippen LogP contribution in [0.15, 0.2) is 11.1 Å². The Morgan fingerprint density at radius 2 is 0.964 bits per heavy atom. The van der Waals surface area contributed by atoms with Gasteiger partial charge < -0.3 is 10.9 Å². The molecule has 0 radical (unpaired) electrons. The predicted molar refractivity (Wildman–Crippen MR) is 130 cm³/mol. The van der Waals surface area contributed by atoms with Crippen LogP contribution in [-0.2, 0) is 9.53 Å². The summed E-state index contributed by atoms with van der Waals surface area (Å²) in [6, 6.07) is 0. The molecule has 0 aromatic carbocycles. The molecule has 4 heteroatoms. The predicted octanol–water partition coefficient (Wildman–Crippen LogP) is 8.89. The molecule has 3 nitrogen and oxygen atoms in total. The Labute approximate surface area is 186 Å². The third kappa shape index (κ3) is 20.4. The fourth-order valence-electron chi connectivity index (χ4n) is 3.45. The van der Waals surface area contributed by atoms with Gasteiger partial charge >= 0.3 is 5.97 Å². The van der Waals surface area contributed by atoms with Crippen LogP contribution >= 0.6 is 17.0 Å². The largest absolute Gasteiger partial charge is 0.466 e. The lowest BCUT2D eigenvalue weighted by atomic mass is 10.0. The van der Waals surface area contributed by atoms with E-state index in [2.05, 4.69) is 13.8 Å². The van der Waals surface area contributed by atoms with Gasteiger partial charge in [-0.25, -0.2) is 4.79 Å². The lowest BCUT2D eigenvalue weighted by molar-refractivity contribution is -0.136. The normalized spacial score (nSPS) is 11.3. The molecule has 0 aromatic rings. The zero-order valence-corrected chi connectivity index (χ0v) is 21.2. The number of carbonyl (C=O) groups is 1. The van der Waals surface area contributed by atoms with E-state index >= 15 is 0 Å². The number of esters is 1. The summed E-state index contributed by atoms with van der Waals surface area (Å²) >= 11 is 0. The Bertz CT molecular complexity index is 370. The van der Waals surface area contributed by atoms with Gasteiger partial charge in [-0.3, -0.25) is 0 Å². The molecule has 28 heavy (non-hydrogen) atoms. The maximum atomic E-state index is 11.4. The quantitative estimate of drug-likeness (QED) is 0.125. The fourth-order valence-corrected chi connectivity index (χ4v) is 3.45. The zero-order chi connectivity index (χ0) is 19.5. The van der Waals surface area contributed by atoms with E-state index in [-0.39, 0.29) is 29.1 Å². The molecular weight excluding hydrogens is 414 g/mol. The molecule has 0 aliphatic carbocycles. The topological polar surface area (TPSA) is 61.3 Å². The minimum Gasteiger partial charge on any atom is -0.466 e. The van der Waals surface area contributed by atoms with Crippen molar-refractivity contribution in [2.75, 3.05) is 7.11 Å². The molecule has 0 atom stereocenters. The maximum absolute atomic E-state index is 11.4. The van der Waals surface area contributed by atoms with Crippen LogP contribution in [-0.4, -0.2) is 13.1 Å². The van der Waals surface area contributed by atoms with Crippen LogP contribution in [0.2, 0.25) is 0 Å². The van der Waals surface area contributed by atoms with Crippen LogP contribution in [0.5, 0.6) is 0 Å². The van der Waals surface area contributed by atoms with Gasteiger partial charge in [0.15, 0.2) is 0 Å². The number of ether oxygens (including phenoxy) is 1. The van der Waals surface area contributed by atoms with Crippen LogP contribution < -0.4 is 6.15 Å². The van der Waals surface area contributed by atoms with Gasteiger partial charge in [-0.05, 0) is 26.7 Å². The Balaban J connectivity index is -0.00000312. The second kappa shape index (κ2) is 24.7. The molecule has 3 N–H and O–H groups in total. The highest BCUT2D eigenvalue weighted by Crippen LogP contribution is 2.16. The first-order chi connectivity index (χ1) is 12.6. The summed E-state index contributed by atoms with van der Waals surface area (Å²) in [6.45, 7) is 6.21. The number of carbonyl (C=O) groups excluding carboxylic acids is 1. The van der Waals surface area contributed by atoms with E-state index in [0.717, 1.165) is 12.0 Å². The van der Waals surface area contributed by atoms with Crippen LogP contribution in [0.4, 0.5) is 0 Å². The molecule has 170 valence electrons. The van der Waals surface area contributed by atoms with Crippen molar-refractivity contribution >= 4 is 23.0 Å². The summed E-state index contributed by atoms with van der Waals surface area (Å²) in [4.78, 5) is 11.4. The van der Waals surface area contributed by atoms with E-state index in [4.69, 9.17) is 4.74 Å². The van der Waals surface area contributed by atoms with Gasteiger partial charge in [-0.15, -0.1) is 17.0 Å². The molecule has 0 saturated carbocycles. The SMILES string of the molecule is Br.CCCCCCCCCCCCCCCCCCC(C)=C(C)C(=O)OC.N. The monoisotopic (exact) mass is 463 g/mol. The number of methoxy groups -OCH3 is 1. The average Bonchev–Trinajstić information content (AvgIpc) is 2.66. The number of rotatable bonds is 18. The lowest BCUT2D eigenvalue weighted by Crippen LogP contribution is -2.03. The van der Waals surface area contributed by atoms with Crippen molar-refractivity contribution in [2.24, 2.45) is 0 Å². The Morgan fingerprint density at radius 1 is 0.643 bits per heavy atom. The minimum atomic E-state index is -0.181. The van der Waals surface area contributed by atoms with Gasteiger partial charge in [0.25, 0.3) is 0 Å². The highest BCUT2D eigenvalue weighted by atomic mass is 79.9. The maximum Gasteiger partial charge on any atom is 0.333 e. The summed E-state index contributed by atoms with van der Waals surface area (Å²) in [7, 11) is 1.45. The van der Waals surface area contributed by atoms with E-state index in [1.807, 2.05) is 6.92 Å². The molecule has 0 aliphatic heterocycles. The van der Waals surface area contributed by atoms with E-state index < -0.39 is 0 Å². The van der Waals surface area contributed by atoms with Gasteiger partial charge in [0.05, 0.1) is 7.11 Å². The molecule has 0 unspecified atom stereocenters. The Morgan fingerprint density at radius 3 is 1.29 bits per heavy atom. The van der Waals surface area contributed by atoms with Crippen molar-refractivity contribution in [3.63, 3.8) is 0 Å². The highest BCUT2D eigenvalue weighted by molar-refractivity contribution is 8.93. The number of hydrogen-bond acceptors (Lipinski definition) is 3. The molecule has 0 aliphatic rings. The second-order valence-electron chi connectivity index (χ2n) is 7.95. The van der Waals surface area contributed by atoms with Gasteiger partial charge in [0.1, 0.15) is 0 Å². The third-order valence-corrected chi connectivity index (χ3v) is 5.54. The van der Waals surface area contributed by atoms with Crippen LogP contribution in [0, 0.1) is 0 Å². The first-order valence-electron chi connectivity index (χ1n) is 11.4. The molecule has 0 saturated heterocycles. The Kier molecular flexibility index (Phi) is 28.5. The van der Waals surface area contributed by atoms with E-state index in [1.54, 1.807) is 0 Å². The summed E-state index contributed by atoms with van der Waals surface area (Å²) in [6.07, 6.45) is 23.3. The van der Waals surface area contributed by atoms with Crippen molar-refractivity contribution in [2.45, 2.75) is 130 Å². The number of hydrogen-bond donors (Lipinski definition) is 1. The van der Waals surface area contributed by atoms with Gasteiger partial charge in [0.2, 0.25) is 0 Å². The summed E-state index contributed by atoms with van der Waals surface area (Å²) < 4.78 is 4.77. The first kappa shape index (κ1) is 32.3. The zero-order valence-electron chi connectivity index (χ0n) is 19.5. The highest BCUT2D eigenvalue weighted by Gasteiger charge is 2.06. The molecule has 0 aromatic heterocycles. The number of unbranched alkanes of at least 4 members (excludes halogenated alkanes) is 15. The van der Waals surface area contributed by atoms with Crippen molar-refractivity contribution in [3.05, 3.63) is 11.1 Å². The minimum absolute atomic E-state index is 0. The number of halogens is 1. The molecular formula is C24H50BrNO2. The average molecular weight is 465 g/mol. The molecule has 0 amide bonds. The fraction of sp³-hybridized carbons (Fsp3) is 0.875. The molecule has 0 fully saturated rings. The molecule has 0 spiro atoms. The van der Waals surface area contributed by atoms with Gasteiger partial charge in [-0.1, -0.05) is 109 Å². The lowest BCUT2D eigenvalue weighted by Gasteiger charge is -2.06. The van der Waals surface area contributed by atoms with E-state index in [9.17, 15) is 4.79 Å². The third-order valence-electron chi connectivity index (χ3n) is 5.54. The second-order valence-corrected chi connectivity index (χ2v) is 7.95. The summed E-state index contributed by atoms with van der Waals surface area (Å²) in [5, 5.41) is 0. The smallest absolute Gasteiger partial charge is 0.333 e. The molecule has 0 heterocycles. The summed E-state index contributed by atoms with van der Waals surface area (Å²) in [5.74, 6) is -0.181. The van der Waals surface area contributed by atoms with Crippen molar-refractivity contribution in [1.29, 1.82) is 0 Å². The van der Waals surface area contributed by atoms with Crippen LogP contribution in [0.25, 0.3) is 0 Å². The standard InChI is InChI=1S/C24H46O2.BrH.H3N/c1-5-6-7-8-9-10-11-12-13-14-15-16-17-18-19-20-21-22(2)23(3)24(25)26-4;;/h5-21H2,1-4H3;1H;1H3.